The van der Waals surface area contributed by atoms with Crippen LogP contribution in [0.1, 0.15) is 155 Å². The predicted molar refractivity (Wildman–Crippen MR) is 139 cm³/mol. The zero-order valence-electron chi connectivity index (χ0n) is 20.5. The van der Waals surface area contributed by atoms with E-state index in [4.69, 9.17) is 12.6 Å². The highest BCUT2D eigenvalue weighted by atomic mass is 32.1. The van der Waals surface area contributed by atoms with Crippen LogP contribution in [0.2, 0.25) is 0 Å². The lowest BCUT2D eigenvalue weighted by Crippen LogP contribution is -2.40. The lowest BCUT2D eigenvalue weighted by atomic mass is 9.91. The number of hydrogen-bond donors (Lipinski definition) is 2. The number of rotatable bonds is 2. The second-order valence-electron chi connectivity index (χ2n) is 11.0. The van der Waals surface area contributed by atoms with Crippen LogP contribution in [0.25, 0.3) is 0 Å². The van der Waals surface area contributed by atoms with Crippen LogP contribution in [0.3, 0.4) is 0 Å². The van der Waals surface area contributed by atoms with Gasteiger partial charge >= 0.3 is 0 Å². The van der Waals surface area contributed by atoms with Crippen molar-refractivity contribution >= 4 is 12.6 Å². The van der Waals surface area contributed by atoms with Gasteiger partial charge in [-0.3, -0.25) is 0 Å². The summed E-state index contributed by atoms with van der Waals surface area (Å²) >= 11 is 5.03. The van der Waals surface area contributed by atoms with Crippen LogP contribution >= 0.6 is 12.6 Å². The molecule has 0 amide bonds. The van der Waals surface area contributed by atoms with Crippen molar-refractivity contribution in [3.8, 4) is 0 Å². The van der Waals surface area contributed by atoms with Crippen LogP contribution in [0.4, 0.5) is 0 Å². The van der Waals surface area contributed by atoms with Crippen molar-refractivity contribution in [3.05, 3.63) is 0 Å². The highest BCUT2D eigenvalue weighted by Gasteiger charge is 2.20. The number of thiol groups is 1. The molecule has 4 unspecified atom stereocenters. The van der Waals surface area contributed by atoms with E-state index >= 15 is 0 Å². The van der Waals surface area contributed by atoms with Gasteiger partial charge in [-0.05, 0) is 38.0 Å². The third kappa shape index (κ3) is 13.7. The molecule has 0 saturated heterocycles. The van der Waals surface area contributed by atoms with Crippen LogP contribution in [-0.4, -0.2) is 17.3 Å². The van der Waals surface area contributed by atoms with Crippen LogP contribution in [0.15, 0.2) is 0 Å². The molecule has 178 valence electrons. The standard InChI is InChI=1S/C28H55NS/c1-25-19-15-11-7-5-6-9-12-16-20-26(23-25)29-27-21-17-13-8-3-2-4-10-14-18-22-28(30)24-27/h25-30H,2-24H2,1H3. The first-order valence-corrected chi connectivity index (χ1v) is 14.7. The fourth-order valence-electron chi connectivity index (χ4n) is 5.87. The van der Waals surface area contributed by atoms with Gasteiger partial charge in [-0.2, -0.15) is 12.6 Å². The van der Waals surface area contributed by atoms with E-state index < -0.39 is 0 Å². The third-order valence-corrected chi connectivity index (χ3v) is 8.27. The van der Waals surface area contributed by atoms with E-state index in [-0.39, 0.29) is 0 Å². The monoisotopic (exact) mass is 437 g/mol. The molecule has 0 heterocycles. The zero-order valence-corrected chi connectivity index (χ0v) is 21.4. The number of nitrogens with one attached hydrogen (secondary N) is 1. The van der Waals surface area contributed by atoms with Crippen LogP contribution in [-0.2, 0) is 0 Å². The molecule has 0 bridgehead atoms. The van der Waals surface area contributed by atoms with Crippen molar-refractivity contribution in [1.82, 2.24) is 5.32 Å². The largest absolute Gasteiger partial charge is 0.311 e. The molecular weight excluding hydrogens is 382 g/mol. The van der Waals surface area contributed by atoms with Crippen molar-refractivity contribution in [3.63, 3.8) is 0 Å². The van der Waals surface area contributed by atoms with E-state index in [0.29, 0.717) is 11.3 Å². The number of hydrogen-bond acceptors (Lipinski definition) is 2. The van der Waals surface area contributed by atoms with E-state index in [1.54, 1.807) is 0 Å². The first-order chi connectivity index (χ1) is 14.7. The summed E-state index contributed by atoms with van der Waals surface area (Å²) in [6.07, 6.45) is 32.9. The maximum atomic E-state index is 5.03. The van der Waals surface area contributed by atoms with Crippen molar-refractivity contribution in [2.75, 3.05) is 0 Å². The first-order valence-electron chi connectivity index (χ1n) is 14.2. The molecule has 0 spiro atoms. The van der Waals surface area contributed by atoms with E-state index in [2.05, 4.69) is 12.2 Å². The molecular formula is C28H55NS. The Balaban J connectivity index is 1.88. The summed E-state index contributed by atoms with van der Waals surface area (Å²) < 4.78 is 0. The molecule has 2 fully saturated rings. The maximum Gasteiger partial charge on any atom is 0.00801 e. The van der Waals surface area contributed by atoms with Gasteiger partial charge in [-0.15, -0.1) is 0 Å². The van der Waals surface area contributed by atoms with E-state index in [9.17, 15) is 0 Å². The summed E-state index contributed by atoms with van der Waals surface area (Å²) in [6, 6.07) is 1.44. The summed E-state index contributed by atoms with van der Waals surface area (Å²) in [5.74, 6) is 0.883. The van der Waals surface area contributed by atoms with E-state index in [0.717, 1.165) is 12.0 Å². The molecule has 0 aromatic rings. The molecule has 0 aromatic carbocycles. The van der Waals surface area contributed by atoms with Gasteiger partial charge in [0.25, 0.3) is 0 Å². The predicted octanol–water partition coefficient (Wildman–Crippen LogP) is 9.25. The highest BCUT2D eigenvalue weighted by molar-refractivity contribution is 7.80. The quantitative estimate of drug-likeness (QED) is 0.410. The summed E-state index contributed by atoms with van der Waals surface area (Å²) in [6.45, 7) is 2.52. The maximum absolute atomic E-state index is 5.03. The van der Waals surface area contributed by atoms with Gasteiger partial charge in [0, 0.05) is 17.3 Å². The first kappa shape index (κ1) is 26.6. The third-order valence-electron chi connectivity index (χ3n) is 7.80. The minimum absolute atomic E-state index is 0.595. The Kier molecular flexibility index (Phi) is 15.8. The zero-order chi connectivity index (χ0) is 21.3. The molecule has 2 rings (SSSR count). The van der Waals surface area contributed by atoms with Gasteiger partial charge in [-0.25, -0.2) is 0 Å². The van der Waals surface area contributed by atoms with Crippen molar-refractivity contribution in [2.24, 2.45) is 5.92 Å². The fraction of sp³-hybridized carbons (Fsp3) is 1.00. The van der Waals surface area contributed by atoms with Crippen LogP contribution < -0.4 is 5.32 Å². The van der Waals surface area contributed by atoms with E-state index in [1.807, 2.05) is 0 Å². The summed E-state index contributed by atoms with van der Waals surface area (Å²) in [5.41, 5.74) is 0. The Bertz CT molecular complexity index is 385. The van der Waals surface area contributed by atoms with Gasteiger partial charge in [0.15, 0.2) is 0 Å². The Labute approximate surface area is 195 Å². The Hall–Kier alpha value is 0.310. The van der Waals surface area contributed by atoms with Gasteiger partial charge < -0.3 is 5.32 Å². The molecule has 4 atom stereocenters. The molecule has 30 heavy (non-hydrogen) atoms. The van der Waals surface area contributed by atoms with Gasteiger partial charge in [-0.1, -0.05) is 122 Å². The van der Waals surface area contributed by atoms with Crippen molar-refractivity contribution < 1.29 is 0 Å². The molecule has 1 nitrogen and oxygen atoms in total. The lowest BCUT2D eigenvalue weighted by molar-refractivity contribution is 0.303. The average molecular weight is 438 g/mol. The van der Waals surface area contributed by atoms with Crippen LogP contribution in [0.5, 0.6) is 0 Å². The SMILES string of the molecule is CC1CCCCCCCCCCC(NC2CCCCCCCCCCCC(S)C2)C1. The topological polar surface area (TPSA) is 12.0 Å². The minimum Gasteiger partial charge on any atom is -0.311 e. The Morgan fingerprint density at radius 3 is 1.33 bits per heavy atom. The summed E-state index contributed by atoms with van der Waals surface area (Å²) in [5, 5.41) is 4.81. The average Bonchev–Trinajstić information content (AvgIpc) is 2.74. The smallest absolute Gasteiger partial charge is 0.00801 e. The molecule has 2 aliphatic carbocycles. The Morgan fingerprint density at radius 1 is 0.467 bits per heavy atom. The molecule has 2 saturated carbocycles. The second kappa shape index (κ2) is 17.8. The van der Waals surface area contributed by atoms with Gasteiger partial charge in [0.2, 0.25) is 0 Å². The van der Waals surface area contributed by atoms with Gasteiger partial charge in [0.05, 0.1) is 0 Å². The van der Waals surface area contributed by atoms with Crippen molar-refractivity contribution in [1.29, 1.82) is 0 Å². The fourth-order valence-corrected chi connectivity index (χ4v) is 6.31. The molecule has 0 aliphatic heterocycles. The molecule has 2 heteroatoms. The molecule has 2 aliphatic rings. The Morgan fingerprint density at radius 2 is 0.833 bits per heavy atom. The second-order valence-corrected chi connectivity index (χ2v) is 11.7. The molecule has 1 N–H and O–H groups in total. The molecule has 0 radical (unpaired) electrons. The van der Waals surface area contributed by atoms with E-state index in [1.165, 1.54) is 148 Å². The molecule has 0 aromatic heterocycles. The van der Waals surface area contributed by atoms with Gasteiger partial charge in [0.1, 0.15) is 0 Å². The summed E-state index contributed by atoms with van der Waals surface area (Å²) in [4.78, 5) is 0. The summed E-state index contributed by atoms with van der Waals surface area (Å²) in [7, 11) is 0. The normalized spacial score (nSPS) is 33.4. The highest BCUT2D eigenvalue weighted by Crippen LogP contribution is 2.24. The lowest BCUT2D eigenvalue weighted by Gasteiger charge is -2.30. The van der Waals surface area contributed by atoms with Crippen LogP contribution in [0, 0.1) is 5.92 Å². The minimum atomic E-state index is 0.595. The van der Waals surface area contributed by atoms with Crippen molar-refractivity contribution in [2.45, 2.75) is 172 Å².